The highest BCUT2D eigenvalue weighted by Crippen LogP contribution is 2.35. The Morgan fingerprint density at radius 2 is 1.93 bits per heavy atom. The van der Waals surface area contributed by atoms with E-state index in [2.05, 4.69) is 27.6 Å². The maximum Gasteiger partial charge on any atom is 0.214 e. The van der Waals surface area contributed by atoms with Gasteiger partial charge in [0, 0.05) is 18.0 Å². The van der Waals surface area contributed by atoms with Crippen LogP contribution in [0.15, 0.2) is 47.6 Å². The minimum Gasteiger partial charge on any atom is -0.497 e. The average Bonchev–Trinajstić information content (AvgIpc) is 3.04. The van der Waals surface area contributed by atoms with Crippen molar-refractivity contribution in [2.45, 2.75) is 13.5 Å². The van der Waals surface area contributed by atoms with E-state index in [1.807, 2.05) is 42.5 Å². The first kappa shape index (κ1) is 18.2. The van der Waals surface area contributed by atoms with E-state index < -0.39 is 0 Å². The van der Waals surface area contributed by atoms with Gasteiger partial charge < -0.3 is 14.0 Å². The largest absolute Gasteiger partial charge is 0.497 e. The van der Waals surface area contributed by atoms with E-state index in [1.165, 1.54) is 0 Å². The van der Waals surface area contributed by atoms with E-state index >= 15 is 0 Å². The summed E-state index contributed by atoms with van der Waals surface area (Å²) in [5, 5.41) is 14.2. The molecular weight excluding hydrogens is 342 g/mol. The lowest BCUT2D eigenvalue weighted by atomic mass is 10.1. The summed E-state index contributed by atoms with van der Waals surface area (Å²) >= 11 is 0. The van der Waals surface area contributed by atoms with Crippen LogP contribution in [-0.2, 0) is 6.54 Å². The van der Waals surface area contributed by atoms with Crippen LogP contribution in [0.25, 0.3) is 22.2 Å². The maximum absolute atomic E-state index is 9.78. The molecule has 7 nitrogen and oxygen atoms in total. The molecular formula is C20H20N5O2+. The predicted molar refractivity (Wildman–Crippen MR) is 102 cm³/mol. The topological polar surface area (TPSA) is 97.5 Å². The zero-order valence-electron chi connectivity index (χ0n) is 15.3. The van der Waals surface area contributed by atoms with Gasteiger partial charge in [-0.05, 0) is 48.9 Å². The molecule has 7 heteroatoms. The van der Waals surface area contributed by atoms with Crippen LogP contribution in [0.3, 0.4) is 0 Å². The normalized spacial score (nSPS) is 10.3. The number of hydrogen-bond acceptors (Lipinski definition) is 5. The number of ether oxygens (including phenoxy) is 2. The Hall–Kier alpha value is -3.62. The van der Waals surface area contributed by atoms with Crippen molar-refractivity contribution < 1.29 is 9.47 Å². The van der Waals surface area contributed by atoms with Crippen LogP contribution < -0.4 is 14.4 Å². The lowest BCUT2D eigenvalue weighted by molar-refractivity contribution is 0.325. The third kappa shape index (κ3) is 3.52. The molecule has 0 amide bonds. The Morgan fingerprint density at radius 3 is 2.56 bits per heavy atom. The Kier molecular flexibility index (Phi) is 5.50. The van der Waals surface area contributed by atoms with Gasteiger partial charge in [0.1, 0.15) is 34.8 Å². The fraction of sp³-hybridized carbons (Fsp3) is 0.250. The molecule has 0 unspecified atom stereocenters. The molecule has 0 fully saturated rings. The van der Waals surface area contributed by atoms with E-state index in [4.69, 9.17) is 15.0 Å². The van der Waals surface area contributed by atoms with Crippen molar-refractivity contribution in [3.05, 3.63) is 48.0 Å². The molecule has 27 heavy (non-hydrogen) atoms. The molecule has 1 heterocycles. The lowest BCUT2D eigenvalue weighted by Crippen LogP contribution is -2.01. The first-order valence-electron chi connectivity index (χ1n) is 8.60. The molecule has 0 bridgehead atoms. The van der Waals surface area contributed by atoms with Crippen LogP contribution in [0.5, 0.6) is 11.5 Å². The third-order valence-electron chi connectivity index (χ3n) is 4.36. The molecule has 1 aromatic heterocycles. The summed E-state index contributed by atoms with van der Waals surface area (Å²) in [6.07, 6.45) is 0. The Balaban J connectivity index is 2.03. The van der Waals surface area contributed by atoms with Gasteiger partial charge in [-0.15, -0.1) is 0 Å². The first-order valence-corrected chi connectivity index (χ1v) is 8.60. The van der Waals surface area contributed by atoms with Gasteiger partial charge in [-0.3, -0.25) is 0 Å². The standard InChI is InChI=1S/C20H20N5O2/c1-3-25-19-12-16(26-2)8-9-17(19)18(13-21)20(25)14-4-6-15(7-5-14)27-11-10-23-24-22/h4-9,12,22H,3,10-11H2,1-2H3/q+1. The minimum absolute atomic E-state index is 0.343. The maximum atomic E-state index is 9.78. The molecule has 0 aliphatic rings. The van der Waals surface area contributed by atoms with Gasteiger partial charge in [-0.25, -0.2) is 0 Å². The molecule has 0 aliphatic carbocycles. The molecule has 0 aliphatic heterocycles. The zero-order valence-corrected chi connectivity index (χ0v) is 15.3. The Labute approximate surface area is 157 Å². The summed E-state index contributed by atoms with van der Waals surface area (Å²) < 4.78 is 13.0. The Morgan fingerprint density at radius 1 is 1.19 bits per heavy atom. The number of rotatable bonds is 7. The van der Waals surface area contributed by atoms with Crippen LogP contribution in [0, 0.1) is 16.9 Å². The number of aryl methyl sites for hydroxylation is 1. The van der Waals surface area contributed by atoms with Crippen LogP contribution in [0.2, 0.25) is 0 Å². The second-order valence-electron chi connectivity index (χ2n) is 5.80. The monoisotopic (exact) mass is 362 g/mol. The number of nitrogens with one attached hydrogen (secondary N) is 1. The summed E-state index contributed by atoms with van der Waals surface area (Å²) in [7, 11) is 1.64. The van der Waals surface area contributed by atoms with Gasteiger partial charge in [0.05, 0.1) is 23.9 Å². The number of hydrogen-bond donors (Lipinski definition) is 1. The van der Waals surface area contributed by atoms with Crippen LogP contribution in [0.4, 0.5) is 0 Å². The summed E-state index contributed by atoms with van der Waals surface area (Å²) in [5.41, 5.74) is 10.1. The molecule has 1 N–H and O–H groups in total. The van der Waals surface area contributed by atoms with E-state index in [0.717, 1.165) is 34.5 Å². The first-order chi connectivity index (χ1) is 13.2. The minimum atomic E-state index is 0.343. The number of nitrogens with zero attached hydrogens (tertiary/aromatic N) is 4. The molecule has 0 saturated carbocycles. The van der Waals surface area contributed by atoms with Crippen LogP contribution in [-0.4, -0.2) is 24.8 Å². The van der Waals surface area contributed by atoms with Crippen molar-refractivity contribution in [3.8, 4) is 28.8 Å². The van der Waals surface area contributed by atoms with Crippen molar-refractivity contribution >= 4 is 10.9 Å². The van der Waals surface area contributed by atoms with E-state index in [0.29, 0.717) is 24.5 Å². The average molecular weight is 362 g/mol. The fourth-order valence-electron chi connectivity index (χ4n) is 3.16. The van der Waals surface area contributed by atoms with E-state index in [-0.39, 0.29) is 0 Å². The number of aromatic nitrogens is 1. The number of nitriles is 1. The van der Waals surface area contributed by atoms with Crippen molar-refractivity contribution in [2.75, 3.05) is 20.3 Å². The summed E-state index contributed by atoms with van der Waals surface area (Å²) in [5.74, 6) is 1.47. The van der Waals surface area contributed by atoms with Gasteiger partial charge in [-0.1, -0.05) is 0 Å². The summed E-state index contributed by atoms with van der Waals surface area (Å²) in [4.78, 5) is 2.94. The smallest absolute Gasteiger partial charge is 0.214 e. The third-order valence-corrected chi connectivity index (χ3v) is 4.36. The van der Waals surface area contributed by atoms with E-state index in [1.54, 1.807) is 7.11 Å². The SMILES string of the molecule is CCn1c(-c2ccc(OCCN=[N+]=N)cc2)c(C#N)c2ccc(OC)cc21. The molecule has 0 saturated heterocycles. The summed E-state index contributed by atoms with van der Waals surface area (Å²) in [6.45, 7) is 3.49. The van der Waals surface area contributed by atoms with Crippen LogP contribution in [0.1, 0.15) is 12.5 Å². The van der Waals surface area contributed by atoms with Gasteiger partial charge in [0.2, 0.25) is 4.91 Å². The van der Waals surface area contributed by atoms with Crippen molar-refractivity contribution in [2.24, 2.45) is 5.11 Å². The molecule has 3 aromatic rings. The second kappa shape index (κ2) is 8.17. The fourth-order valence-corrected chi connectivity index (χ4v) is 3.16. The second-order valence-corrected chi connectivity index (χ2v) is 5.80. The number of methoxy groups -OCH3 is 1. The van der Waals surface area contributed by atoms with Gasteiger partial charge >= 0.3 is 0 Å². The molecule has 136 valence electrons. The molecule has 3 rings (SSSR count). The highest BCUT2D eigenvalue weighted by molar-refractivity contribution is 5.95. The van der Waals surface area contributed by atoms with Crippen molar-refractivity contribution in [1.82, 2.24) is 9.48 Å². The van der Waals surface area contributed by atoms with Gasteiger partial charge in [-0.2, -0.15) is 5.26 Å². The lowest BCUT2D eigenvalue weighted by Gasteiger charge is -2.10. The van der Waals surface area contributed by atoms with Crippen LogP contribution >= 0.6 is 0 Å². The van der Waals surface area contributed by atoms with E-state index in [9.17, 15) is 5.26 Å². The molecule has 0 atom stereocenters. The molecule has 0 radical (unpaired) electrons. The highest BCUT2D eigenvalue weighted by atomic mass is 16.5. The van der Waals surface area contributed by atoms with Gasteiger partial charge in [0.25, 0.3) is 0 Å². The number of benzene rings is 2. The number of fused-ring (bicyclic) bond motifs is 1. The Bertz CT molecular complexity index is 1040. The van der Waals surface area contributed by atoms with Gasteiger partial charge in [0.15, 0.2) is 6.54 Å². The molecule has 2 aromatic carbocycles. The molecule has 0 spiro atoms. The zero-order chi connectivity index (χ0) is 19.2. The summed E-state index contributed by atoms with van der Waals surface area (Å²) in [6, 6.07) is 15.7. The van der Waals surface area contributed by atoms with Crippen molar-refractivity contribution in [1.29, 1.82) is 10.8 Å². The van der Waals surface area contributed by atoms with Crippen molar-refractivity contribution in [3.63, 3.8) is 0 Å². The predicted octanol–water partition coefficient (Wildman–Crippen LogP) is 4.14. The quantitative estimate of drug-likeness (QED) is 0.388. The highest BCUT2D eigenvalue weighted by Gasteiger charge is 2.18.